The zero-order chi connectivity index (χ0) is 19.8. The maximum atomic E-state index is 12.2. The van der Waals surface area contributed by atoms with Gasteiger partial charge in [0.25, 0.3) is 5.91 Å². The minimum Gasteiger partial charge on any atom is -0.484 e. The highest BCUT2D eigenvalue weighted by Gasteiger charge is 2.15. The Hall–Kier alpha value is -2.60. The largest absolute Gasteiger partial charge is 0.484 e. The molecule has 0 spiro atoms. The van der Waals surface area contributed by atoms with E-state index in [0.717, 1.165) is 30.9 Å². The predicted molar refractivity (Wildman–Crippen MR) is 118 cm³/mol. The number of benzene rings is 2. The number of nitrogens with zero attached hydrogens (tertiary/aromatic N) is 1. The third-order valence-electron chi connectivity index (χ3n) is 4.80. The number of amides is 1. The summed E-state index contributed by atoms with van der Waals surface area (Å²) in [6.45, 7) is 4.10. The smallest absolute Gasteiger partial charge is 0.264 e. The molecule has 1 amide bonds. The molecule has 148 valence electrons. The number of carbonyl (C=O) groups is 1. The van der Waals surface area contributed by atoms with Gasteiger partial charge in [0.1, 0.15) is 5.75 Å². The Morgan fingerprint density at radius 1 is 1.07 bits per heavy atom. The van der Waals surface area contributed by atoms with E-state index < -0.39 is 0 Å². The number of rotatable bonds is 6. The van der Waals surface area contributed by atoms with E-state index >= 15 is 0 Å². The van der Waals surface area contributed by atoms with Crippen LogP contribution in [0, 0.1) is 0 Å². The second-order valence-corrected chi connectivity index (χ2v) is 7.26. The summed E-state index contributed by atoms with van der Waals surface area (Å²) in [5.41, 5.74) is 3.26. The first-order chi connectivity index (χ1) is 13.7. The summed E-state index contributed by atoms with van der Waals surface area (Å²) >= 11 is 5.32. The van der Waals surface area contributed by atoms with E-state index in [2.05, 4.69) is 28.5 Å². The molecule has 5 nitrogen and oxygen atoms in total. The van der Waals surface area contributed by atoms with Crippen LogP contribution in [0.1, 0.15) is 31.7 Å². The number of para-hydroxylation sites is 2. The van der Waals surface area contributed by atoms with Crippen LogP contribution in [0.15, 0.2) is 48.5 Å². The highest BCUT2D eigenvalue weighted by molar-refractivity contribution is 7.80. The molecule has 2 aromatic rings. The minimum atomic E-state index is -0.285. The highest BCUT2D eigenvalue weighted by atomic mass is 32.1. The molecule has 1 fully saturated rings. The van der Waals surface area contributed by atoms with Gasteiger partial charge in [0.15, 0.2) is 11.7 Å². The molecule has 0 atom stereocenters. The summed E-state index contributed by atoms with van der Waals surface area (Å²) in [7, 11) is 0. The van der Waals surface area contributed by atoms with Crippen LogP contribution in [0.2, 0.25) is 0 Å². The van der Waals surface area contributed by atoms with Gasteiger partial charge in [-0.1, -0.05) is 31.2 Å². The molecule has 0 aliphatic carbocycles. The fourth-order valence-electron chi connectivity index (χ4n) is 3.28. The lowest BCUT2D eigenvalue weighted by Crippen LogP contribution is -2.38. The number of thiocarbonyl (C=S) groups is 1. The van der Waals surface area contributed by atoms with Gasteiger partial charge in [-0.15, -0.1) is 0 Å². The van der Waals surface area contributed by atoms with Crippen molar-refractivity contribution in [3.05, 3.63) is 54.1 Å². The van der Waals surface area contributed by atoms with Gasteiger partial charge >= 0.3 is 0 Å². The van der Waals surface area contributed by atoms with E-state index in [1.54, 1.807) is 0 Å². The van der Waals surface area contributed by atoms with Crippen molar-refractivity contribution in [3.63, 3.8) is 0 Å². The summed E-state index contributed by atoms with van der Waals surface area (Å²) in [6, 6.07) is 15.8. The molecular weight excluding hydrogens is 370 g/mol. The monoisotopic (exact) mass is 397 g/mol. The minimum absolute atomic E-state index is 0.0823. The standard InChI is InChI=1S/C22H27N3O2S/c1-2-17-10-12-18(13-11-17)27-16-21(26)24-22(28)23-19-8-4-5-9-20(19)25-14-6-3-7-15-25/h4-5,8-13H,2-3,6-7,14-16H2,1H3,(H2,23,24,26,28). The number of aryl methyl sites for hydroxylation is 1. The Morgan fingerprint density at radius 2 is 1.79 bits per heavy atom. The van der Waals surface area contributed by atoms with Gasteiger partial charge in [-0.25, -0.2) is 0 Å². The maximum absolute atomic E-state index is 12.2. The molecule has 0 aromatic heterocycles. The van der Waals surface area contributed by atoms with Crippen LogP contribution in [-0.2, 0) is 11.2 Å². The van der Waals surface area contributed by atoms with Gasteiger partial charge in [0.2, 0.25) is 0 Å². The van der Waals surface area contributed by atoms with Gasteiger partial charge < -0.3 is 15.0 Å². The van der Waals surface area contributed by atoms with Crippen LogP contribution in [0.3, 0.4) is 0 Å². The normalized spacial score (nSPS) is 13.7. The van der Waals surface area contributed by atoms with Gasteiger partial charge in [0.05, 0.1) is 11.4 Å². The highest BCUT2D eigenvalue weighted by Crippen LogP contribution is 2.28. The average Bonchev–Trinajstić information content (AvgIpc) is 2.73. The van der Waals surface area contributed by atoms with Crippen molar-refractivity contribution < 1.29 is 9.53 Å². The lowest BCUT2D eigenvalue weighted by molar-refractivity contribution is -0.121. The number of carbonyl (C=O) groups excluding carboxylic acids is 1. The molecular formula is C22H27N3O2S. The molecule has 0 unspecified atom stereocenters. The van der Waals surface area contributed by atoms with Crippen molar-refractivity contribution >= 4 is 34.6 Å². The van der Waals surface area contributed by atoms with E-state index in [4.69, 9.17) is 17.0 Å². The molecule has 0 saturated carbocycles. The number of nitrogens with one attached hydrogen (secondary N) is 2. The second kappa shape index (κ2) is 10.1. The Kier molecular flexibility index (Phi) is 7.25. The van der Waals surface area contributed by atoms with Crippen LogP contribution < -0.4 is 20.3 Å². The number of hydrogen-bond acceptors (Lipinski definition) is 4. The zero-order valence-corrected chi connectivity index (χ0v) is 17.1. The first kappa shape index (κ1) is 20.1. The van der Waals surface area contributed by atoms with Crippen LogP contribution in [0.4, 0.5) is 11.4 Å². The molecule has 2 N–H and O–H groups in total. The van der Waals surface area contributed by atoms with E-state index in [0.29, 0.717) is 5.75 Å². The van der Waals surface area contributed by atoms with E-state index in [-0.39, 0.29) is 17.6 Å². The van der Waals surface area contributed by atoms with Crippen molar-refractivity contribution in [2.24, 2.45) is 0 Å². The quantitative estimate of drug-likeness (QED) is 0.718. The van der Waals surface area contributed by atoms with E-state index in [9.17, 15) is 4.79 Å². The number of anilines is 2. The molecule has 1 saturated heterocycles. The molecule has 2 aromatic carbocycles. The Labute approximate surface area is 172 Å². The van der Waals surface area contributed by atoms with Crippen LogP contribution in [-0.4, -0.2) is 30.7 Å². The predicted octanol–water partition coefficient (Wildman–Crippen LogP) is 4.13. The SMILES string of the molecule is CCc1ccc(OCC(=O)NC(=S)Nc2ccccc2N2CCCCC2)cc1. The van der Waals surface area contributed by atoms with Crippen molar-refractivity contribution in [2.75, 3.05) is 29.9 Å². The summed E-state index contributed by atoms with van der Waals surface area (Å²) in [4.78, 5) is 14.5. The Balaban J connectivity index is 1.51. The molecule has 1 aliphatic rings. The van der Waals surface area contributed by atoms with E-state index in [1.165, 1.54) is 24.8 Å². The van der Waals surface area contributed by atoms with E-state index in [1.807, 2.05) is 42.5 Å². The lowest BCUT2D eigenvalue weighted by Gasteiger charge is -2.30. The third-order valence-corrected chi connectivity index (χ3v) is 5.01. The molecule has 1 heterocycles. The summed E-state index contributed by atoms with van der Waals surface area (Å²) < 4.78 is 5.53. The maximum Gasteiger partial charge on any atom is 0.264 e. The van der Waals surface area contributed by atoms with Crippen molar-refractivity contribution in [1.82, 2.24) is 5.32 Å². The van der Waals surface area contributed by atoms with Crippen molar-refractivity contribution in [1.29, 1.82) is 0 Å². The van der Waals surface area contributed by atoms with Crippen LogP contribution >= 0.6 is 12.2 Å². The fourth-order valence-corrected chi connectivity index (χ4v) is 3.50. The van der Waals surface area contributed by atoms with Gasteiger partial charge in [-0.2, -0.15) is 0 Å². The Bertz CT molecular complexity index is 802. The summed E-state index contributed by atoms with van der Waals surface area (Å²) in [6.07, 6.45) is 4.65. The molecule has 28 heavy (non-hydrogen) atoms. The molecule has 0 bridgehead atoms. The molecule has 6 heteroatoms. The fraction of sp³-hybridized carbons (Fsp3) is 0.364. The van der Waals surface area contributed by atoms with Gasteiger partial charge in [-0.3, -0.25) is 10.1 Å². The molecule has 3 rings (SSSR count). The zero-order valence-electron chi connectivity index (χ0n) is 16.2. The average molecular weight is 398 g/mol. The summed E-state index contributed by atoms with van der Waals surface area (Å²) in [5.74, 6) is 0.384. The summed E-state index contributed by atoms with van der Waals surface area (Å²) in [5, 5.41) is 6.12. The molecule has 0 radical (unpaired) electrons. The van der Waals surface area contributed by atoms with Gasteiger partial charge in [-0.05, 0) is 67.7 Å². The number of ether oxygens (including phenoxy) is 1. The lowest BCUT2D eigenvalue weighted by atomic mass is 10.1. The third kappa shape index (κ3) is 5.70. The van der Waals surface area contributed by atoms with Gasteiger partial charge in [0, 0.05) is 13.1 Å². The topological polar surface area (TPSA) is 53.6 Å². The number of hydrogen-bond donors (Lipinski definition) is 2. The van der Waals surface area contributed by atoms with Crippen LogP contribution in [0.25, 0.3) is 0 Å². The Morgan fingerprint density at radius 3 is 2.50 bits per heavy atom. The number of piperidine rings is 1. The van der Waals surface area contributed by atoms with Crippen molar-refractivity contribution in [3.8, 4) is 5.75 Å². The van der Waals surface area contributed by atoms with Crippen molar-refractivity contribution in [2.45, 2.75) is 32.6 Å². The van der Waals surface area contributed by atoms with Crippen LogP contribution in [0.5, 0.6) is 5.75 Å². The first-order valence-electron chi connectivity index (χ1n) is 9.82. The first-order valence-corrected chi connectivity index (χ1v) is 10.2. The molecule has 1 aliphatic heterocycles. The second-order valence-electron chi connectivity index (χ2n) is 6.85.